The average molecular weight is 443 g/mol. The van der Waals surface area contributed by atoms with Gasteiger partial charge in [-0.2, -0.15) is 0 Å². The number of hydrogen-bond acceptors (Lipinski definition) is 3. The molecule has 0 amide bonds. The zero-order chi connectivity index (χ0) is 23.1. The summed E-state index contributed by atoms with van der Waals surface area (Å²) in [5, 5.41) is 0. The van der Waals surface area contributed by atoms with Gasteiger partial charge in [0.15, 0.2) is 0 Å². The number of hydrogen-bond donors (Lipinski definition) is 0. The topological polar surface area (TPSA) is 43.4 Å². The van der Waals surface area contributed by atoms with Gasteiger partial charge in [0.05, 0.1) is 5.92 Å². The maximum absolute atomic E-state index is 12.8. The van der Waals surface area contributed by atoms with Gasteiger partial charge in [-0.1, -0.05) is 52.2 Å². The molecule has 0 aliphatic heterocycles. The zero-order valence-electron chi connectivity index (χ0n) is 21.3. The molecule has 0 bridgehead atoms. The highest BCUT2D eigenvalue weighted by atomic mass is 16.5. The van der Waals surface area contributed by atoms with Crippen LogP contribution in [0.4, 0.5) is 0 Å². The molecule has 4 aliphatic rings. The number of esters is 1. The van der Waals surface area contributed by atoms with Gasteiger partial charge in [0.1, 0.15) is 11.9 Å². The Labute approximate surface area is 196 Å². The van der Waals surface area contributed by atoms with E-state index in [1.807, 2.05) is 6.92 Å². The molecule has 7 atom stereocenters. The van der Waals surface area contributed by atoms with E-state index in [-0.39, 0.29) is 34.7 Å². The van der Waals surface area contributed by atoms with Crippen LogP contribution in [0.2, 0.25) is 0 Å². The fourth-order valence-electron chi connectivity index (χ4n) is 8.73. The van der Waals surface area contributed by atoms with Crippen LogP contribution >= 0.6 is 0 Å². The minimum absolute atomic E-state index is 0.0475. The Morgan fingerprint density at radius 1 is 1.03 bits per heavy atom. The standard InChI is InChI=1S/C29H46O3/c1-6-8-20(9-7-2)27(31)32-22-14-16-28(4)21(18-22)10-11-23-25-13-12-24(19(3)30)29(25,5)17-15-26(23)28/h10,20,22-26H,6-9,11-18H2,1-5H3. The first-order valence-corrected chi connectivity index (χ1v) is 13.6. The number of carbonyl (C=O) groups excluding carboxylic acids is 2. The lowest BCUT2D eigenvalue weighted by Crippen LogP contribution is -2.51. The quantitative estimate of drug-likeness (QED) is 0.307. The Morgan fingerprint density at radius 2 is 1.75 bits per heavy atom. The molecule has 180 valence electrons. The third-order valence-electron chi connectivity index (χ3n) is 10.4. The van der Waals surface area contributed by atoms with E-state index in [0.717, 1.165) is 69.6 Å². The molecule has 0 spiro atoms. The summed E-state index contributed by atoms with van der Waals surface area (Å²) in [6.45, 7) is 11.1. The Hall–Kier alpha value is -1.12. The van der Waals surface area contributed by atoms with Crippen LogP contribution in [-0.4, -0.2) is 17.9 Å². The van der Waals surface area contributed by atoms with Crippen LogP contribution in [0.15, 0.2) is 11.6 Å². The molecule has 3 nitrogen and oxygen atoms in total. The monoisotopic (exact) mass is 442 g/mol. The van der Waals surface area contributed by atoms with E-state index >= 15 is 0 Å². The summed E-state index contributed by atoms with van der Waals surface area (Å²) in [6.07, 6.45) is 15.6. The van der Waals surface area contributed by atoms with E-state index in [0.29, 0.717) is 11.7 Å². The maximum Gasteiger partial charge on any atom is 0.309 e. The Balaban J connectivity index is 1.46. The van der Waals surface area contributed by atoms with Gasteiger partial charge in [-0.15, -0.1) is 0 Å². The van der Waals surface area contributed by atoms with Crippen LogP contribution in [0.5, 0.6) is 0 Å². The van der Waals surface area contributed by atoms with Crippen molar-refractivity contribution in [3.63, 3.8) is 0 Å². The molecule has 0 heterocycles. The Kier molecular flexibility index (Phi) is 6.95. The van der Waals surface area contributed by atoms with Crippen molar-refractivity contribution >= 4 is 11.8 Å². The van der Waals surface area contributed by atoms with Crippen LogP contribution < -0.4 is 0 Å². The van der Waals surface area contributed by atoms with E-state index < -0.39 is 0 Å². The first kappa shape index (κ1) is 24.0. The van der Waals surface area contributed by atoms with Gasteiger partial charge in [-0.3, -0.25) is 9.59 Å². The van der Waals surface area contributed by atoms with Crippen molar-refractivity contribution in [2.45, 2.75) is 118 Å². The summed E-state index contributed by atoms with van der Waals surface area (Å²) in [6, 6.07) is 0. The maximum atomic E-state index is 12.8. The first-order valence-electron chi connectivity index (χ1n) is 13.6. The molecule has 32 heavy (non-hydrogen) atoms. The highest BCUT2D eigenvalue weighted by Crippen LogP contribution is 2.66. The summed E-state index contributed by atoms with van der Waals surface area (Å²) < 4.78 is 6.10. The van der Waals surface area contributed by atoms with Crippen molar-refractivity contribution in [3.05, 3.63) is 11.6 Å². The highest BCUT2D eigenvalue weighted by Gasteiger charge is 2.59. The van der Waals surface area contributed by atoms with Gasteiger partial charge in [0.25, 0.3) is 0 Å². The second kappa shape index (κ2) is 9.26. The minimum atomic E-state index is 0.0475. The van der Waals surface area contributed by atoms with E-state index in [4.69, 9.17) is 4.74 Å². The molecule has 4 rings (SSSR count). The first-order chi connectivity index (χ1) is 15.2. The van der Waals surface area contributed by atoms with Gasteiger partial charge in [-0.25, -0.2) is 0 Å². The summed E-state index contributed by atoms with van der Waals surface area (Å²) in [4.78, 5) is 25.2. The van der Waals surface area contributed by atoms with E-state index in [2.05, 4.69) is 33.8 Å². The molecule has 3 fully saturated rings. The van der Waals surface area contributed by atoms with Crippen molar-refractivity contribution in [1.29, 1.82) is 0 Å². The molecular weight excluding hydrogens is 396 g/mol. The number of rotatable bonds is 7. The largest absolute Gasteiger partial charge is 0.462 e. The molecule has 0 saturated heterocycles. The molecule has 7 unspecified atom stereocenters. The summed E-state index contributed by atoms with van der Waals surface area (Å²) in [7, 11) is 0. The van der Waals surface area contributed by atoms with Crippen LogP contribution in [0.25, 0.3) is 0 Å². The smallest absolute Gasteiger partial charge is 0.309 e. The number of ether oxygens (including phenoxy) is 1. The predicted molar refractivity (Wildman–Crippen MR) is 129 cm³/mol. The van der Waals surface area contributed by atoms with Gasteiger partial charge in [0, 0.05) is 12.3 Å². The van der Waals surface area contributed by atoms with Crippen molar-refractivity contribution in [2.75, 3.05) is 0 Å². The zero-order valence-corrected chi connectivity index (χ0v) is 21.3. The fourth-order valence-corrected chi connectivity index (χ4v) is 8.73. The number of allylic oxidation sites excluding steroid dienone is 1. The second-order valence-corrected chi connectivity index (χ2v) is 12.1. The molecule has 0 aromatic heterocycles. The molecular formula is C29H46O3. The van der Waals surface area contributed by atoms with Crippen molar-refractivity contribution in [2.24, 2.45) is 40.4 Å². The second-order valence-electron chi connectivity index (χ2n) is 12.1. The molecule has 3 heteroatoms. The van der Waals surface area contributed by atoms with Gasteiger partial charge >= 0.3 is 5.97 Å². The lowest BCUT2D eigenvalue weighted by molar-refractivity contribution is -0.157. The van der Waals surface area contributed by atoms with Crippen LogP contribution in [0.3, 0.4) is 0 Å². The summed E-state index contributed by atoms with van der Waals surface area (Å²) >= 11 is 0. The summed E-state index contributed by atoms with van der Waals surface area (Å²) in [5.74, 6) is 2.98. The van der Waals surface area contributed by atoms with Crippen LogP contribution in [0.1, 0.15) is 112 Å². The SMILES string of the molecule is CCCC(CCC)C(=O)OC1CCC2(C)C(=CCC3C2CCC2(C)C(C(C)=O)CCC32)C1. The van der Waals surface area contributed by atoms with Gasteiger partial charge < -0.3 is 4.74 Å². The molecule has 0 radical (unpaired) electrons. The molecule has 0 N–H and O–H groups in total. The molecule has 0 aromatic carbocycles. The molecule has 4 aliphatic carbocycles. The average Bonchev–Trinajstić information content (AvgIpc) is 3.11. The van der Waals surface area contributed by atoms with Gasteiger partial charge in [-0.05, 0) is 93.3 Å². The normalized spacial score (nSPS) is 40.8. The molecule has 3 saturated carbocycles. The third-order valence-corrected chi connectivity index (χ3v) is 10.4. The van der Waals surface area contributed by atoms with Crippen molar-refractivity contribution in [3.8, 4) is 0 Å². The minimum Gasteiger partial charge on any atom is -0.462 e. The Bertz CT molecular complexity index is 748. The molecule has 0 aromatic rings. The lowest BCUT2D eigenvalue weighted by Gasteiger charge is -2.58. The fraction of sp³-hybridized carbons (Fsp3) is 0.862. The highest BCUT2D eigenvalue weighted by molar-refractivity contribution is 5.79. The third kappa shape index (κ3) is 4.00. The summed E-state index contributed by atoms with van der Waals surface area (Å²) in [5.41, 5.74) is 2.04. The van der Waals surface area contributed by atoms with E-state index in [1.54, 1.807) is 5.57 Å². The number of carbonyl (C=O) groups is 2. The van der Waals surface area contributed by atoms with Crippen molar-refractivity contribution in [1.82, 2.24) is 0 Å². The van der Waals surface area contributed by atoms with Crippen LogP contribution in [0, 0.1) is 40.4 Å². The van der Waals surface area contributed by atoms with E-state index in [1.165, 1.54) is 19.3 Å². The van der Waals surface area contributed by atoms with E-state index in [9.17, 15) is 9.59 Å². The number of Topliss-reactive ketones (excluding diaryl/α,β-unsaturated/α-hetero) is 1. The van der Waals surface area contributed by atoms with Crippen molar-refractivity contribution < 1.29 is 14.3 Å². The van der Waals surface area contributed by atoms with Crippen LogP contribution in [-0.2, 0) is 14.3 Å². The lowest BCUT2D eigenvalue weighted by atomic mass is 9.47. The predicted octanol–water partition coefficient (Wildman–Crippen LogP) is 7.28. The van der Waals surface area contributed by atoms with Gasteiger partial charge in [0.2, 0.25) is 0 Å². The number of ketones is 1. The Morgan fingerprint density at radius 3 is 2.41 bits per heavy atom. The number of fused-ring (bicyclic) bond motifs is 5.